The number of aliphatic hydroxyl groups is 1. The van der Waals surface area contributed by atoms with Crippen LogP contribution in [0, 0.1) is 35.5 Å². The number of cyclic esters (lactones) is 1. The van der Waals surface area contributed by atoms with Gasteiger partial charge in [0, 0.05) is 65.6 Å². The van der Waals surface area contributed by atoms with E-state index in [4.69, 9.17) is 28.4 Å². The van der Waals surface area contributed by atoms with E-state index in [0.717, 1.165) is 31.3 Å². The van der Waals surface area contributed by atoms with Crippen LogP contribution in [0.4, 0.5) is 0 Å². The van der Waals surface area contributed by atoms with Crippen molar-refractivity contribution in [1.29, 1.82) is 0 Å². The van der Waals surface area contributed by atoms with Crippen LogP contribution in [0.15, 0.2) is 47.6 Å². The predicted molar refractivity (Wildman–Crippen MR) is 253 cm³/mol. The van der Waals surface area contributed by atoms with E-state index >= 15 is 0 Å². The molecule has 0 unspecified atom stereocenters. The van der Waals surface area contributed by atoms with E-state index in [0.29, 0.717) is 62.9 Å². The maximum absolute atomic E-state index is 14.4. The molecule has 1 aliphatic carbocycles. The van der Waals surface area contributed by atoms with Crippen LogP contribution in [0.2, 0.25) is 0 Å². The number of amides is 1. The molecule has 1 N–H and O–H groups in total. The molecule has 1 saturated carbocycles. The highest BCUT2D eigenvalue weighted by molar-refractivity contribution is 6.36. The first-order chi connectivity index (χ1) is 31.4. The van der Waals surface area contributed by atoms with Gasteiger partial charge in [-0.1, -0.05) is 83.9 Å². The molecule has 13 heteroatoms. The van der Waals surface area contributed by atoms with E-state index in [2.05, 4.69) is 13.0 Å². The fourth-order valence-corrected chi connectivity index (χ4v) is 10.6. The maximum atomic E-state index is 14.4. The Labute approximate surface area is 395 Å². The summed E-state index contributed by atoms with van der Waals surface area (Å²) >= 11 is 0. The zero-order valence-electron chi connectivity index (χ0n) is 42.0. The molecule has 66 heavy (non-hydrogen) atoms. The number of hydrogen-bond acceptors (Lipinski definition) is 12. The van der Waals surface area contributed by atoms with Gasteiger partial charge in [0.05, 0.1) is 24.7 Å². The zero-order valence-corrected chi connectivity index (χ0v) is 42.0. The molecule has 2 bridgehead atoms. The number of esters is 1. The lowest BCUT2D eigenvalue weighted by Crippen LogP contribution is -2.54. The fraction of sp³-hybridized carbons (Fsp3) is 0.755. The van der Waals surface area contributed by atoms with Crippen molar-refractivity contribution >= 4 is 29.2 Å². The number of carbonyl (C=O) groups is 5. The number of ether oxygens (including phenoxy) is 6. The largest absolute Gasteiger partial charge is 0.460 e. The molecule has 0 spiro atoms. The van der Waals surface area contributed by atoms with Crippen LogP contribution in [-0.2, 0) is 52.4 Å². The molecule has 372 valence electrons. The Kier molecular flexibility index (Phi) is 22.1. The molecule has 13 nitrogen and oxygen atoms in total. The maximum Gasteiger partial charge on any atom is 0.329 e. The summed E-state index contributed by atoms with van der Waals surface area (Å²) in [5.41, 5.74) is 1.62. The summed E-state index contributed by atoms with van der Waals surface area (Å²) in [6, 6.07) is -1.03. The molecular weight excluding hydrogens is 843 g/mol. The van der Waals surface area contributed by atoms with Crippen molar-refractivity contribution in [3.05, 3.63) is 47.6 Å². The average molecular weight is 926 g/mol. The first kappa shape index (κ1) is 55.3. The Morgan fingerprint density at radius 3 is 2.21 bits per heavy atom. The zero-order chi connectivity index (χ0) is 48.7. The van der Waals surface area contributed by atoms with Gasteiger partial charge in [-0.05, 0) is 101 Å². The molecule has 0 aromatic carbocycles. The van der Waals surface area contributed by atoms with E-state index in [1.54, 1.807) is 27.2 Å². The van der Waals surface area contributed by atoms with Crippen molar-refractivity contribution in [2.45, 2.75) is 187 Å². The van der Waals surface area contributed by atoms with Gasteiger partial charge < -0.3 is 38.4 Å². The number of piperidine rings is 1. The topological polar surface area (TPSA) is 164 Å². The van der Waals surface area contributed by atoms with Crippen molar-refractivity contribution in [2.24, 2.45) is 35.5 Å². The third-order valence-corrected chi connectivity index (χ3v) is 14.9. The van der Waals surface area contributed by atoms with E-state index in [1.807, 2.05) is 58.9 Å². The van der Waals surface area contributed by atoms with Crippen molar-refractivity contribution in [1.82, 2.24) is 4.90 Å². The van der Waals surface area contributed by atoms with Crippen LogP contribution in [0.5, 0.6) is 0 Å². The SMILES string of the molecule is CO[C@H]1CCC[C@@H](C[C@@H](C)[C@@H]2CC(=O)[C@H](C)/C=C(\C)[C@@H](OC)[C@@H](OC)C(=O)[C@H](C)C[C@H](C)/C=C/C=C/C=C(\C)[C@@H](OC)C[C@@H]3CC[C@@H](C)[C@](O)(CC(=O)C(=O)N4CCCC[C@H]4C(=O)O2)O3)C1. The molecule has 3 aliphatic heterocycles. The number of ketones is 3. The second-order valence-corrected chi connectivity index (χ2v) is 20.1. The van der Waals surface area contributed by atoms with Crippen LogP contribution in [0.1, 0.15) is 138 Å². The Bertz CT molecular complexity index is 1750. The molecule has 3 fully saturated rings. The van der Waals surface area contributed by atoms with Gasteiger partial charge in [0.2, 0.25) is 5.78 Å². The Morgan fingerprint density at radius 2 is 1.53 bits per heavy atom. The van der Waals surface area contributed by atoms with Gasteiger partial charge in [-0.3, -0.25) is 19.2 Å². The second-order valence-electron chi connectivity index (χ2n) is 20.1. The molecule has 2 saturated heterocycles. The number of nitrogens with zero attached hydrogens (tertiary/aromatic N) is 1. The first-order valence-corrected chi connectivity index (χ1v) is 24.7. The van der Waals surface area contributed by atoms with Gasteiger partial charge in [0.1, 0.15) is 30.1 Å². The number of carbonyl (C=O) groups excluding carboxylic acids is 5. The number of fused-ring (bicyclic) bond motifs is 3. The smallest absolute Gasteiger partial charge is 0.329 e. The first-order valence-electron chi connectivity index (χ1n) is 24.7. The number of hydrogen-bond donors (Lipinski definition) is 1. The molecular formula is C53H83NO12. The quantitative estimate of drug-likeness (QED) is 0.148. The molecule has 4 rings (SSSR count). The van der Waals surface area contributed by atoms with E-state index in [-0.39, 0.29) is 54.5 Å². The minimum Gasteiger partial charge on any atom is -0.460 e. The van der Waals surface area contributed by atoms with Gasteiger partial charge in [-0.15, -0.1) is 0 Å². The van der Waals surface area contributed by atoms with Gasteiger partial charge in [0.15, 0.2) is 11.6 Å². The number of Topliss-reactive ketones (excluding diaryl/α,β-unsaturated/α-hetero) is 3. The Balaban J connectivity index is 1.69. The summed E-state index contributed by atoms with van der Waals surface area (Å²) in [5.74, 6) is -5.68. The lowest BCUT2D eigenvalue weighted by molar-refractivity contribution is -0.282. The van der Waals surface area contributed by atoms with Crippen molar-refractivity contribution in [3.8, 4) is 0 Å². The molecule has 1 amide bonds. The summed E-state index contributed by atoms with van der Waals surface area (Å²) in [6.45, 7) is 13.5. The number of rotatable bonds is 7. The van der Waals surface area contributed by atoms with E-state index in [1.165, 1.54) is 19.1 Å². The molecule has 3 heterocycles. The second kappa shape index (κ2) is 26.4. The van der Waals surface area contributed by atoms with E-state index in [9.17, 15) is 29.1 Å². The molecule has 4 aliphatic rings. The number of allylic oxidation sites excluding steroid dienone is 6. The molecule has 0 radical (unpaired) electrons. The molecule has 14 atom stereocenters. The van der Waals surface area contributed by atoms with Crippen LogP contribution in [-0.4, -0.2) is 123 Å². The minimum atomic E-state index is -1.89. The Hall–Kier alpha value is -3.33. The highest BCUT2D eigenvalue weighted by Gasteiger charge is 2.47. The summed E-state index contributed by atoms with van der Waals surface area (Å²) in [6.07, 6.45) is 16.3. The fourth-order valence-electron chi connectivity index (χ4n) is 10.6. The highest BCUT2D eigenvalue weighted by atomic mass is 16.6. The Morgan fingerprint density at radius 1 is 0.803 bits per heavy atom. The summed E-state index contributed by atoms with van der Waals surface area (Å²) < 4.78 is 35.9. The van der Waals surface area contributed by atoms with Crippen LogP contribution in [0.25, 0.3) is 0 Å². The van der Waals surface area contributed by atoms with Crippen LogP contribution in [0.3, 0.4) is 0 Å². The molecule has 0 aromatic heterocycles. The lowest BCUT2D eigenvalue weighted by atomic mass is 9.79. The third kappa shape index (κ3) is 15.3. The minimum absolute atomic E-state index is 0.0670. The molecule has 0 aromatic rings. The van der Waals surface area contributed by atoms with Gasteiger partial charge in [0.25, 0.3) is 5.91 Å². The normalized spacial score (nSPS) is 39.0. The standard InChI is InChI=1S/C53H83NO12/c1-33-18-13-12-14-19-34(2)46(62-9)30-42-24-23-39(7)53(60,66-42)32-45(56)51(58)54-25-16-15-22-43(54)52(59)65-47(36(4)28-40-20-17-21-41(29-40)61-8)31-44(55)35(3)27-38(6)49(63-10)50(64-11)48(57)37(5)26-33/h12-14,18-19,27,33,35-37,39-43,46-47,49-50,60H,15-17,20-26,28-32H2,1-11H3/b14-12+,18-13+,34-19+,38-27+/t33-,35-,36-,37-,39-,40+,41+,42+,43+,46+,47+,49-,50+,53+/m1/s1. The summed E-state index contributed by atoms with van der Waals surface area (Å²) in [5, 5.41) is 11.9. The predicted octanol–water partition coefficient (Wildman–Crippen LogP) is 8.25. The summed E-state index contributed by atoms with van der Waals surface area (Å²) in [4.78, 5) is 71.8. The van der Waals surface area contributed by atoms with Crippen molar-refractivity contribution in [3.63, 3.8) is 0 Å². The van der Waals surface area contributed by atoms with Crippen molar-refractivity contribution < 1.29 is 57.5 Å². The van der Waals surface area contributed by atoms with Crippen LogP contribution >= 0.6 is 0 Å². The lowest BCUT2D eigenvalue weighted by Gasteiger charge is -2.43. The number of methoxy groups -OCH3 is 4. The third-order valence-electron chi connectivity index (χ3n) is 14.9. The van der Waals surface area contributed by atoms with Gasteiger partial charge >= 0.3 is 5.97 Å². The van der Waals surface area contributed by atoms with Crippen LogP contribution < -0.4 is 0 Å². The van der Waals surface area contributed by atoms with Gasteiger partial charge in [-0.2, -0.15) is 0 Å². The van der Waals surface area contributed by atoms with E-state index < -0.39 is 72.2 Å². The average Bonchev–Trinajstić information content (AvgIpc) is 3.29. The summed E-state index contributed by atoms with van der Waals surface area (Å²) in [7, 11) is 6.37. The van der Waals surface area contributed by atoms with Crippen molar-refractivity contribution in [2.75, 3.05) is 35.0 Å². The monoisotopic (exact) mass is 926 g/mol. The highest BCUT2D eigenvalue weighted by Crippen LogP contribution is 2.38. The van der Waals surface area contributed by atoms with Gasteiger partial charge in [-0.25, -0.2) is 4.79 Å².